The van der Waals surface area contributed by atoms with E-state index in [-0.39, 0.29) is 17.4 Å². The number of nitrogens with zero attached hydrogens (tertiary/aromatic N) is 2. The number of carbonyl (C=O) groups is 1. The molecule has 0 bridgehead atoms. The second-order valence-electron chi connectivity index (χ2n) is 6.99. The molecule has 0 amide bonds. The molecule has 0 spiro atoms. The van der Waals surface area contributed by atoms with Crippen LogP contribution in [0.25, 0.3) is 0 Å². The van der Waals surface area contributed by atoms with Gasteiger partial charge in [-0.25, -0.2) is 8.42 Å². The molecule has 1 fully saturated rings. The third-order valence-electron chi connectivity index (χ3n) is 5.03. The maximum atomic E-state index is 12.8. The second-order valence-corrected chi connectivity index (χ2v) is 9.47. The van der Waals surface area contributed by atoms with E-state index in [1.807, 2.05) is 24.3 Å². The number of benzene rings is 2. The van der Waals surface area contributed by atoms with Crippen LogP contribution in [0.4, 0.5) is 5.69 Å². The Hall–Kier alpha value is -2.09. The van der Waals surface area contributed by atoms with Gasteiger partial charge in [-0.2, -0.15) is 4.31 Å². The maximum absolute atomic E-state index is 12.8. The zero-order valence-corrected chi connectivity index (χ0v) is 17.2. The highest BCUT2D eigenvalue weighted by Gasteiger charge is 2.25. The number of sulfonamides is 1. The van der Waals surface area contributed by atoms with E-state index in [0.717, 1.165) is 11.3 Å². The van der Waals surface area contributed by atoms with E-state index in [1.165, 1.54) is 16.4 Å². The second kappa shape index (κ2) is 8.51. The molecule has 0 aromatic heterocycles. The van der Waals surface area contributed by atoms with Crippen molar-refractivity contribution in [1.82, 2.24) is 4.31 Å². The summed E-state index contributed by atoms with van der Waals surface area (Å²) in [5.74, 6) is -1.02. The average Bonchev–Trinajstić information content (AvgIpc) is 2.68. The van der Waals surface area contributed by atoms with Crippen molar-refractivity contribution >= 4 is 33.3 Å². The fourth-order valence-electron chi connectivity index (χ4n) is 3.39. The molecule has 1 heterocycles. The van der Waals surface area contributed by atoms with Crippen molar-refractivity contribution in [2.75, 3.05) is 25.0 Å². The van der Waals surface area contributed by atoms with Crippen LogP contribution in [0.2, 0.25) is 5.02 Å². The van der Waals surface area contributed by atoms with Gasteiger partial charge in [0.05, 0.1) is 10.8 Å². The standard InChI is InChI=1S/C20H23ClN2O4S/c1-22(28(26,27)19-7-3-5-17(21)13-19)14-15-4-2-6-18(12-15)23-10-8-16(9-11-23)20(24)25/h2-7,12-13,16H,8-11,14H2,1H3,(H,24,25). The molecule has 1 aliphatic heterocycles. The van der Waals surface area contributed by atoms with Crippen LogP contribution >= 0.6 is 11.6 Å². The molecule has 0 saturated carbocycles. The normalized spacial score (nSPS) is 15.8. The van der Waals surface area contributed by atoms with Gasteiger partial charge in [0, 0.05) is 37.4 Å². The highest BCUT2D eigenvalue weighted by atomic mass is 35.5. The zero-order chi connectivity index (χ0) is 20.3. The summed E-state index contributed by atoms with van der Waals surface area (Å²) < 4.78 is 26.9. The van der Waals surface area contributed by atoms with Gasteiger partial charge in [-0.05, 0) is 48.7 Å². The summed E-state index contributed by atoms with van der Waals surface area (Å²) in [6.45, 7) is 1.59. The molecule has 1 N–H and O–H groups in total. The van der Waals surface area contributed by atoms with Crippen molar-refractivity contribution in [3.05, 3.63) is 59.1 Å². The van der Waals surface area contributed by atoms with E-state index < -0.39 is 16.0 Å². The quantitative estimate of drug-likeness (QED) is 0.771. The minimum absolute atomic E-state index is 0.161. The molecule has 6 nitrogen and oxygen atoms in total. The molecular formula is C20H23ClN2O4S. The summed E-state index contributed by atoms with van der Waals surface area (Å²) in [5, 5.41) is 9.51. The van der Waals surface area contributed by atoms with Gasteiger partial charge < -0.3 is 10.0 Å². The zero-order valence-electron chi connectivity index (χ0n) is 15.6. The maximum Gasteiger partial charge on any atom is 0.306 e. The van der Waals surface area contributed by atoms with Gasteiger partial charge in [-0.3, -0.25) is 4.79 Å². The summed E-state index contributed by atoms with van der Waals surface area (Å²) in [4.78, 5) is 13.4. The van der Waals surface area contributed by atoms with Crippen LogP contribution in [0.3, 0.4) is 0 Å². The van der Waals surface area contributed by atoms with Gasteiger partial charge in [-0.15, -0.1) is 0 Å². The van der Waals surface area contributed by atoms with Gasteiger partial charge in [0.2, 0.25) is 10.0 Å². The van der Waals surface area contributed by atoms with Crippen molar-refractivity contribution < 1.29 is 18.3 Å². The Morgan fingerprint density at radius 3 is 2.50 bits per heavy atom. The largest absolute Gasteiger partial charge is 0.481 e. The Morgan fingerprint density at radius 1 is 1.18 bits per heavy atom. The van der Waals surface area contributed by atoms with Crippen LogP contribution in [0.5, 0.6) is 0 Å². The number of rotatable bonds is 6. The molecule has 150 valence electrons. The fraction of sp³-hybridized carbons (Fsp3) is 0.350. The number of anilines is 1. The Kier molecular flexibility index (Phi) is 6.27. The molecule has 8 heteroatoms. The molecule has 0 atom stereocenters. The molecule has 0 aliphatic carbocycles. The molecular weight excluding hydrogens is 400 g/mol. The number of hydrogen-bond donors (Lipinski definition) is 1. The summed E-state index contributed by atoms with van der Waals surface area (Å²) in [6.07, 6.45) is 1.23. The van der Waals surface area contributed by atoms with E-state index in [0.29, 0.717) is 31.0 Å². The number of carboxylic acid groups (broad SMARTS) is 1. The van der Waals surface area contributed by atoms with Gasteiger partial charge in [0.1, 0.15) is 0 Å². The van der Waals surface area contributed by atoms with E-state index in [4.69, 9.17) is 16.7 Å². The fourth-order valence-corrected chi connectivity index (χ4v) is 4.85. The van der Waals surface area contributed by atoms with E-state index in [1.54, 1.807) is 19.2 Å². The molecule has 1 aliphatic rings. The summed E-state index contributed by atoms with van der Waals surface area (Å²) in [6, 6.07) is 13.9. The number of piperidine rings is 1. The topological polar surface area (TPSA) is 77.9 Å². The monoisotopic (exact) mass is 422 g/mol. The number of carboxylic acids is 1. The first-order valence-electron chi connectivity index (χ1n) is 9.06. The smallest absolute Gasteiger partial charge is 0.306 e. The minimum Gasteiger partial charge on any atom is -0.481 e. The van der Waals surface area contributed by atoms with Crippen LogP contribution < -0.4 is 4.90 Å². The Morgan fingerprint density at radius 2 is 1.86 bits per heavy atom. The molecule has 2 aromatic rings. The number of hydrogen-bond acceptors (Lipinski definition) is 4. The Bertz CT molecular complexity index is 956. The molecule has 1 saturated heterocycles. The Labute approximate surface area is 170 Å². The SMILES string of the molecule is CN(Cc1cccc(N2CCC(C(=O)O)CC2)c1)S(=O)(=O)c1cccc(Cl)c1. The van der Waals surface area contributed by atoms with Crippen LogP contribution in [-0.2, 0) is 21.4 Å². The molecule has 0 radical (unpaired) electrons. The molecule has 28 heavy (non-hydrogen) atoms. The van der Waals surface area contributed by atoms with Crippen LogP contribution in [0.15, 0.2) is 53.4 Å². The first kappa shape index (κ1) is 20.6. The van der Waals surface area contributed by atoms with Crippen molar-refractivity contribution in [2.45, 2.75) is 24.3 Å². The van der Waals surface area contributed by atoms with Crippen molar-refractivity contribution in [3.8, 4) is 0 Å². The minimum atomic E-state index is -3.64. The van der Waals surface area contributed by atoms with E-state index >= 15 is 0 Å². The van der Waals surface area contributed by atoms with Crippen molar-refractivity contribution in [2.24, 2.45) is 5.92 Å². The molecule has 3 rings (SSSR count). The summed E-state index contributed by atoms with van der Waals surface area (Å²) in [5.41, 5.74) is 1.85. The average molecular weight is 423 g/mol. The van der Waals surface area contributed by atoms with Crippen molar-refractivity contribution in [1.29, 1.82) is 0 Å². The van der Waals surface area contributed by atoms with E-state index in [2.05, 4.69) is 4.90 Å². The Balaban J connectivity index is 1.71. The lowest BCUT2D eigenvalue weighted by atomic mass is 9.96. The lowest BCUT2D eigenvalue weighted by Crippen LogP contribution is -2.36. The lowest BCUT2D eigenvalue weighted by Gasteiger charge is -2.32. The highest BCUT2D eigenvalue weighted by molar-refractivity contribution is 7.89. The van der Waals surface area contributed by atoms with Gasteiger partial charge in [0.25, 0.3) is 0 Å². The van der Waals surface area contributed by atoms with E-state index in [9.17, 15) is 13.2 Å². The predicted molar refractivity (Wildman–Crippen MR) is 109 cm³/mol. The third-order valence-corrected chi connectivity index (χ3v) is 7.06. The summed E-state index contributed by atoms with van der Waals surface area (Å²) >= 11 is 5.93. The van der Waals surface area contributed by atoms with Crippen molar-refractivity contribution in [3.63, 3.8) is 0 Å². The number of aliphatic carboxylic acids is 1. The molecule has 2 aromatic carbocycles. The summed E-state index contributed by atoms with van der Waals surface area (Å²) in [7, 11) is -2.10. The van der Waals surface area contributed by atoms with Gasteiger partial charge in [-0.1, -0.05) is 29.8 Å². The lowest BCUT2D eigenvalue weighted by molar-refractivity contribution is -0.142. The van der Waals surface area contributed by atoms with Crippen LogP contribution in [-0.4, -0.2) is 43.9 Å². The molecule has 0 unspecified atom stereocenters. The third kappa shape index (κ3) is 4.66. The van der Waals surface area contributed by atoms with Crippen LogP contribution in [0, 0.1) is 5.92 Å². The highest BCUT2D eigenvalue weighted by Crippen LogP contribution is 2.26. The first-order valence-corrected chi connectivity index (χ1v) is 10.9. The first-order chi connectivity index (χ1) is 13.3. The number of halogens is 1. The van der Waals surface area contributed by atoms with Crippen LogP contribution in [0.1, 0.15) is 18.4 Å². The van der Waals surface area contributed by atoms with Gasteiger partial charge in [0.15, 0.2) is 0 Å². The predicted octanol–water partition coefficient (Wildman–Crippen LogP) is 3.46. The van der Waals surface area contributed by atoms with Gasteiger partial charge >= 0.3 is 5.97 Å².